The van der Waals surface area contributed by atoms with E-state index in [4.69, 9.17) is 0 Å². The molecule has 1 aromatic carbocycles. The maximum Gasteiger partial charge on any atom is 0.0767 e. The van der Waals surface area contributed by atoms with Crippen molar-refractivity contribution in [3.8, 4) is 0 Å². The summed E-state index contributed by atoms with van der Waals surface area (Å²) in [6.07, 6.45) is 3.58. The molecule has 1 heteroatoms. The summed E-state index contributed by atoms with van der Waals surface area (Å²) < 4.78 is 0. The lowest BCUT2D eigenvalue weighted by Crippen LogP contribution is -1.93. The average molecular weight is 162 g/mol. The van der Waals surface area contributed by atoms with Crippen molar-refractivity contribution in [1.29, 1.82) is 0 Å². The second-order valence-electron chi connectivity index (χ2n) is 2.80. The van der Waals surface area contributed by atoms with E-state index in [1.807, 2.05) is 43.3 Å². The Bertz CT molecular complexity index is 274. The smallest absolute Gasteiger partial charge is 0.0767 e. The van der Waals surface area contributed by atoms with Crippen LogP contribution in [0.25, 0.3) is 6.08 Å². The molecule has 1 N–H and O–H groups in total. The lowest BCUT2D eigenvalue weighted by molar-refractivity contribution is 0.199. The Morgan fingerprint density at radius 3 is 2.58 bits per heavy atom. The van der Waals surface area contributed by atoms with Crippen LogP contribution in [0.5, 0.6) is 0 Å². The lowest BCUT2D eigenvalue weighted by atomic mass is 10.0. The molecule has 0 aliphatic carbocycles. The summed E-state index contributed by atoms with van der Waals surface area (Å²) in [5.74, 6) is 0. The molecule has 0 fully saturated rings. The predicted octanol–water partition coefficient (Wildman–Crippen LogP) is 2.77. The van der Waals surface area contributed by atoms with Crippen molar-refractivity contribution in [1.82, 2.24) is 0 Å². The molecule has 0 spiro atoms. The number of allylic oxidation sites excluding steroid dienone is 1. The van der Waals surface area contributed by atoms with Crippen molar-refractivity contribution >= 4 is 6.08 Å². The molecule has 1 rings (SSSR count). The number of benzene rings is 1. The maximum absolute atomic E-state index is 9.40. The summed E-state index contributed by atoms with van der Waals surface area (Å²) in [4.78, 5) is 0. The van der Waals surface area contributed by atoms with Crippen LogP contribution < -0.4 is 0 Å². The molecule has 1 aromatic rings. The van der Waals surface area contributed by atoms with Gasteiger partial charge in [-0.25, -0.2) is 0 Å². The van der Waals surface area contributed by atoms with E-state index < -0.39 is 6.10 Å². The zero-order chi connectivity index (χ0) is 8.97. The molecular formula is C11H14O. The van der Waals surface area contributed by atoms with Gasteiger partial charge in [0.1, 0.15) is 0 Å². The van der Waals surface area contributed by atoms with E-state index in [1.165, 1.54) is 0 Å². The van der Waals surface area contributed by atoms with Gasteiger partial charge in [-0.05, 0) is 25.0 Å². The van der Waals surface area contributed by atoms with E-state index in [2.05, 4.69) is 0 Å². The van der Waals surface area contributed by atoms with Crippen LogP contribution in [0.15, 0.2) is 30.3 Å². The van der Waals surface area contributed by atoms with E-state index in [9.17, 15) is 5.11 Å². The normalized spacial score (nSPS) is 13.6. The fourth-order valence-corrected chi connectivity index (χ4v) is 1.22. The first kappa shape index (κ1) is 9.01. The van der Waals surface area contributed by atoms with Gasteiger partial charge in [0.2, 0.25) is 0 Å². The van der Waals surface area contributed by atoms with Crippen molar-refractivity contribution in [2.24, 2.45) is 0 Å². The van der Waals surface area contributed by atoms with Gasteiger partial charge < -0.3 is 5.11 Å². The SMILES string of the molecule is C/C=C\c1ccccc1C(C)O. The number of rotatable bonds is 2. The summed E-state index contributed by atoms with van der Waals surface area (Å²) in [5, 5.41) is 9.40. The van der Waals surface area contributed by atoms with Crippen molar-refractivity contribution in [2.75, 3.05) is 0 Å². The van der Waals surface area contributed by atoms with E-state index in [-0.39, 0.29) is 0 Å². The summed E-state index contributed by atoms with van der Waals surface area (Å²) in [7, 11) is 0. The minimum absolute atomic E-state index is 0.391. The van der Waals surface area contributed by atoms with Gasteiger partial charge in [-0.15, -0.1) is 0 Å². The van der Waals surface area contributed by atoms with Gasteiger partial charge in [0, 0.05) is 0 Å². The van der Waals surface area contributed by atoms with Gasteiger partial charge in [-0.3, -0.25) is 0 Å². The van der Waals surface area contributed by atoms with Gasteiger partial charge in [0.25, 0.3) is 0 Å². The third kappa shape index (κ3) is 1.95. The highest BCUT2D eigenvalue weighted by Gasteiger charge is 2.02. The van der Waals surface area contributed by atoms with Crippen LogP contribution in [0, 0.1) is 0 Å². The van der Waals surface area contributed by atoms with E-state index >= 15 is 0 Å². The molecule has 64 valence electrons. The molecule has 0 amide bonds. The minimum atomic E-state index is -0.391. The highest BCUT2D eigenvalue weighted by molar-refractivity contribution is 5.53. The van der Waals surface area contributed by atoms with Crippen LogP contribution >= 0.6 is 0 Å². The fraction of sp³-hybridized carbons (Fsp3) is 0.273. The van der Waals surface area contributed by atoms with E-state index in [0.29, 0.717) is 0 Å². The highest BCUT2D eigenvalue weighted by atomic mass is 16.3. The van der Waals surface area contributed by atoms with Gasteiger partial charge in [0.15, 0.2) is 0 Å². The Kier molecular flexibility index (Phi) is 3.06. The molecule has 0 aliphatic heterocycles. The Labute approximate surface area is 73.4 Å². The van der Waals surface area contributed by atoms with Crippen LogP contribution in [-0.2, 0) is 0 Å². The standard InChI is InChI=1S/C11H14O/c1-3-6-10-7-4-5-8-11(10)9(2)12/h3-9,12H,1-2H3/b6-3-. The molecule has 0 aliphatic rings. The fourth-order valence-electron chi connectivity index (χ4n) is 1.22. The molecule has 12 heavy (non-hydrogen) atoms. The molecule has 0 aromatic heterocycles. The minimum Gasteiger partial charge on any atom is -0.389 e. The Balaban J connectivity index is 3.08. The lowest BCUT2D eigenvalue weighted by Gasteiger charge is -2.07. The summed E-state index contributed by atoms with van der Waals surface area (Å²) in [6.45, 7) is 3.75. The molecule has 0 saturated heterocycles. The number of aliphatic hydroxyl groups is 1. The topological polar surface area (TPSA) is 20.2 Å². The molecule has 1 unspecified atom stereocenters. The zero-order valence-electron chi connectivity index (χ0n) is 7.49. The third-order valence-corrected chi connectivity index (χ3v) is 1.79. The first-order valence-electron chi connectivity index (χ1n) is 4.15. The first-order valence-corrected chi connectivity index (χ1v) is 4.15. The monoisotopic (exact) mass is 162 g/mol. The van der Waals surface area contributed by atoms with Crippen LogP contribution in [0.4, 0.5) is 0 Å². The maximum atomic E-state index is 9.40. The first-order chi connectivity index (χ1) is 5.75. The zero-order valence-corrected chi connectivity index (χ0v) is 7.49. The predicted molar refractivity (Wildman–Crippen MR) is 51.8 cm³/mol. The quantitative estimate of drug-likeness (QED) is 0.709. The van der Waals surface area contributed by atoms with Crippen LogP contribution in [0.1, 0.15) is 31.1 Å². The van der Waals surface area contributed by atoms with Crippen molar-refractivity contribution in [2.45, 2.75) is 20.0 Å². The average Bonchev–Trinajstić information content (AvgIpc) is 2.05. The Morgan fingerprint density at radius 2 is 2.00 bits per heavy atom. The van der Waals surface area contributed by atoms with E-state index in [1.54, 1.807) is 6.92 Å². The number of hydrogen-bond donors (Lipinski definition) is 1. The summed E-state index contributed by atoms with van der Waals surface area (Å²) >= 11 is 0. The van der Waals surface area contributed by atoms with Crippen LogP contribution in [0.2, 0.25) is 0 Å². The molecule has 0 radical (unpaired) electrons. The molecule has 0 bridgehead atoms. The van der Waals surface area contributed by atoms with E-state index in [0.717, 1.165) is 11.1 Å². The molecule has 0 heterocycles. The largest absolute Gasteiger partial charge is 0.389 e. The molecule has 1 nitrogen and oxygen atoms in total. The second kappa shape index (κ2) is 4.07. The van der Waals surface area contributed by atoms with Gasteiger partial charge in [-0.1, -0.05) is 36.4 Å². The number of aliphatic hydroxyl groups excluding tert-OH is 1. The highest BCUT2D eigenvalue weighted by Crippen LogP contribution is 2.18. The number of hydrogen-bond acceptors (Lipinski definition) is 1. The second-order valence-corrected chi connectivity index (χ2v) is 2.80. The van der Waals surface area contributed by atoms with Crippen molar-refractivity contribution in [3.63, 3.8) is 0 Å². The van der Waals surface area contributed by atoms with Crippen LogP contribution in [0.3, 0.4) is 0 Å². The Morgan fingerprint density at radius 1 is 1.33 bits per heavy atom. The van der Waals surface area contributed by atoms with Crippen molar-refractivity contribution < 1.29 is 5.11 Å². The molecular weight excluding hydrogens is 148 g/mol. The molecule has 1 atom stereocenters. The van der Waals surface area contributed by atoms with Crippen molar-refractivity contribution in [3.05, 3.63) is 41.5 Å². The van der Waals surface area contributed by atoms with Gasteiger partial charge in [0.05, 0.1) is 6.10 Å². The molecule has 0 saturated carbocycles. The van der Waals surface area contributed by atoms with Gasteiger partial charge >= 0.3 is 0 Å². The Hall–Kier alpha value is -1.08. The van der Waals surface area contributed by atoms with Gasteiger partial charge in [-0.2, -0.15) is 0 Å². The summed E-state index contributed by atoms with van der Waals surface area (Å²) in [5.41, 5.74) is 2.07. The third-order valence-electron chi connectivity index (χ3n) is 1.79. The summed E-state index contributed by atoms with van der Waals surface area (Å²) in [6, 6.07) is 7.86. The van der Waals surface area contributed by atoms with Crippen LogP contribution in [-0.4, -0.2) is 5.11 Å².